The minimum atomic E-state index is -1.02. The van der Waals surface area contributed by atoms with E-state index in [1.807, 2.05) is 0 Å². The molecule has 2 aliphatic rings. The molecule has 6 heteroatoms. The van der Waals surface area contributed by atoms with Gasteiger partial charge in [-0.3, -0.25) is 4.90 Å². The highest BCUT2D eigenvalue weighted by Crippen LogP contribution is 2.28. The summed E-state index contributed by atoms with van der Waals surface area (Å²) in [5.41, 5.74) is 0.642. The Morgan fingerprint density at radius 2 is 2.42 bits per heavy atom. The first-order valence-corrected chi connectivity index (χ1v) is 6.57. The summed E-state index contributed by atoms with van der Waals surface area (Å²) >= 11 is 0. The molecule has 6 nitrogen and oxygen atoms in total. The SMILES string of the molecule is Cc1cnc(C2CN3CCCC3CO2)nc1C(=O)O. The zero-order valence-corrected chi connectivity index (χ0v) is 10.9. The second-order valence-electron chi connectivity index (χ2n) is 5.18. The normalized spacial score (nSPS) is 27.2. The molecule has 0 aliphatic carbocycles. The molecule has 2 fully saturated rings. The molecule has 0 aromatic carbocycles. The Kier molecular flexibility index (Phi) is 3.20. The number of carboxylic acid groups (broad SMARTS) is 1. The minimum Gasteiger partial charge on any atom is -0.477 e. The van der Waals surface area contributed by atoms with Gasteiger partial charge in [-0.25, -0.2) is 14.8 Å². The van der Waals surface area contributed by atoms with Gasteiger partial charge in [-0.2, -0.15) is 0 Å². The molecule has 2 saturated heterocycles. The van der Waals surface area contributed by atoms with Crippen LogP contribution in [0.4, 0.5) is 0 Å². The first-order chi connectivity index (χ1) is 9.15. The van der Waals surface area contributed by atoms with Crippen LogP contribution in [0.25, 0.3) is 0 Å². The van der Waals surface area contributed by atoms with Crippen LogP contribution in [0.15, 0.2) is 6.20 Å². The molecular weight excluding hydrogens is 246 g/mol. The van der Waals surface area contributed by atoms with E-state index in [-0.39, 0.29) is 11.8 Å². The van der Waals surface area contributed by atoms with Gasteiger partial charge in [0.25, 0.3) is 0 Å². The molecule has 1 aromatic rings. The molecule has 0 radical (unpaired) electrons. The van der Waals surface area contributed by atoms with Crippen molar-refractivity contribution in [2.45, 2.75) is 31.9 Å². The number of aromatic nitrogens is 2. The van der Waals surface area contributed by atoms with Crippen molar-refractivity contribution in [1.82, 2.24) is 14.9 Å². The fourth-order valence-electron chi connectivity index (χ4n) is 2.80. The molecule has 2 aliphatic heterocycles. The van der Waals surface area contributed by atoms with Crippen LogP contribution in [-0.4, -0.2) is 51.7 Å². The van der Waals surface area contributed by atoms with E-state index in [0.29, 0.717) is 24.0 Å². The second-order valence-corrected chi connectivity index (χ2v) is 5.18. The lowest BCUT2D eigenvalue weighted by atomic mass is 10.1. The van der Waals surface area contributed by atoms with E-state index in [9.17, 15) is 4.79 Å². The number of aromatic carboxylic acids is 1. The second kappa shape index (κ2) is 4.86. The van der Waals surface area contributed by atoms with Crippen LogP contribution in [0.2, 0.25) is 0 Å². The summed E-state index contributed by atoms with van der Waals surface area (Å²) in [5.74, 6) is -0.538. The molecular formula is C13H17N3O3. The van der Waals surface area contributed by atoms with Crippen LogP contribution in [-0.2, 0) is 4.74 Å². The zero-order chi connectivity index (χ0) is 13.4. The van der Waals surface area contributed by atoms with E-state index < -0.39 is 5.97 Å². The molecule has 3 rings (SSSR count). The van der Waals surface area contributed by atoms with Crippen molar-refractivity contribution in [3.63, 3.8) is 0 Å². The number of ether oxygens (including phenoxy) is 1. The summed E-state index contributed by atoms with van der Waals surface area (Å²) in [5, 5.41) is 9.10. The van der Waals surface area contributed by atoms with Crippen LogP contribution in [0, 0.1) is 6.92 Å². The molecule has 0 spiro atoms. The number of aryl methyl sites for hydroxylation is 1. The number of fused-ring (bicyclic) bond motifs is 1. The fraction of sp³-hybridized carbons (Fsp3) is 0.615. The van der Waals surface area contributed by atoms with Crippen molar-refractivity contribution >= 4 is 5.97 Å². The zero-order valence-electron chi connectivity index (χ0n) is 10.9. The standard InChI is InChI=1S/C13H17N3O3/c1-8-5-14-12(15-11(8)13(17)18)10-6-16-4-2-3-9(16)7-19-10/h5,9-10H,2-4,6-7H2,1H3,(H,17,18). The van der Waals surface area contributed by atoms with E-state index in [1.54, 1.807) is 13.1 Å². The maximum atomic E-state index is 11.1. The number of nitrogens with zero attached hydrogens (tertiary/aromatic N) is 3. The minimum absolute atomic E-state index is 0.0668. The molecule has 2 atom stereocenters. The summed E-state index contributed by atoms with van der Waals surface area (Å²) in [6.07, 6.45) is 3.73. The predicted octanol–water partition coefficient (Wildman–Crippen LogP) is 1.02. The van der Waals surface area contributed by atoms with E-state index in [0.717, 1.165) is 13.1 Å². The van der Waals surface area contributed by atoms with E-state index in [4.69, 9.17) is 9.84 Å². The largest absolute Gasteiger partial charge is 0.477 e. The topological polar surface area (TPSA) is 75.5 Å². The van der Waals surface area contributed by atoms with Crippen LogP contribution >= 0.6 is 0 Å². The van der Waals surface area contributed by atoms with E-state index in [1.165, 1.54) is 12.8 Å². The molecule has 0 amide bonds. The average Bonchev–Trinajstić information content (AvgIpc) is 2.86. The third-order valence-corrected chi connectivity index (χ3v) is 3.87. The lowest BCUT2D eigenvalue weighted by Crippen LogP contribution is -2.43. The maximum absolute atomic E-state index is 11.1. The molecule has 102 valence electrons. The van der Waals surface area contributed by atoms with Gasteiger partial charge in [0.2, 0.25) is 0 Å². The number of morpholine rings is 1. The summed E-state index contributed by atoms with van der Waals surface area (Å²) in [7, 11) is 0. The molecule has 19 heavy (non-hydrogen) atoms. The van der Waals surface area contributed by atoms with Gasteiger partial charge >= 0.3 is 5.97 Å². The van der Waals surface area contributed by atoms with Crippen molar-refractivity contribution < 1.29 is 14.6 Å². The Labute approximate surface area is 111 Å². The van der Waals surface area contributed by atoms with Crippen LogP contribution in [0.3, 0.4) is 0 Å². The van der Waals surface area contributed by atoms with Crippen molar-refractivity contribution in [1.29, 1.82) is 0 Å². The van der Waals surface area contributed by atoms with Gasteiger partial charge in [-0.15, -0.1) is 0 Å². The molecule has 2 unspecified atom stereocenters. The van der Waals surface area contributed by atoms with Gasteiger partial charge in [0, 0.05) is 24.3 Å². The lowest BCUT2D eigenvalue weighted by molar-refractivity contribution is -0.0542. The van der Waals surface area contributed by atoms with Gasteiger partial charge in [0.15, 0.2) is 11.5 Å². The van der Waals surface area contributed by atoms with Gasteiger partial charge < -0.3 is 9.84 Å². The number of rotatable bonds is 2. The highest BCUT2D eigenvalue weighted by atomic mass is 16.5. The third-order valence-electron chi connectivity index (χ3n) is 3.87. The monoisotopic (exact) mass is 263 g/mol. The van der Waals surface area contributed by atoms with Crippen LogP contribution in [0.5, 0.6) is 0 Å². The maximum Gasteiger partial charge on any atom is 0.354 e. The van der Waals surface area contributed by atoms with Gasteiger partial charge in [-0.05, 0) is 26.3 Å². The van der Waals surface area contributed by atoms with E-state index in [2.05, 4.69) is 14.9 Å². The molecule has 1 aromatic heterocycles. The molecule has 3 heterocycles. The quantitative estimate of drug-likeness (QED) is 0.858. The van der Waals surface area contributed by atoms with Crippen molar-refractivity contribution in [2.24, 2.45) is 0 Å². The summed E-state index contributed by atoms with van der Waals surface area (Å²) in [6.45, 7) is 4.23. The Balaban J connectivity index is 1.82. The first kappa shape index (κ1) is 12.5. The highest BCUT2D eigenvalue weighted by molar-refractivity contribution is 5.86. The third kappa shape index (κ3) is 2.33. The number of carboxylic acids is 1. The van der Waals surface area contributed by atoms with Crippen molar-refractivity contribution in [3.05, 3.63) is 23.3 Å². The lowest BCUT2D eigenvalue weighted by Gasteiger charge is -2.34. The average molecular weight is 263 g/mol. The van der Waals surface area contributed by atoms with Crippen molar-refractivity contribution in [2.75, 3.05) is 19.7 Å². The summed E-state index contributed by atoms with van der Waals surface area (Å²) in [6, 6.07) is 0.514. The molecule has 1 N–H and O–H groups in total. The number of carbonyl (C=O) groups is 1. The van der Waals surface area contributed by atoms with Crippen molar-refractivity contribution in [3.8, 4) is 0 Å². The Bertz CT molecular complexity index is 506. The first-order valence-electron chi connectivity index (χ1n) is 6.57. The van der Waals surface area contributed by atoms with Gasteiger partial charge in [0.05, 0.1) is 6.61 Å². The van der Waals surface area contributed by atoms with E-state index >= 15 is 0 Å². The van der Waals surface area contributed by atoms with Crippen LogP contribution < -0.4 is 0 Å². The molecule has 0 bridgehead atoms. The predicted molar refractivity (Wildman–Crippen MR) is 67.0 cm³/mol. The smallest absolute Gasteiger partial charge is 0.354 e. The Hall–Kier alpha value is -1.53. The Morgan fingerprint density at radius 1 is 1.58 bits per heavy atom. The van der Waals surface area contributed by atoms with Gasteiger partial charge in [-0.1, -0.05) is 0 Å². The highest BCUT2D eigenvalue weighted by Gasteiger charge is 2.34. The number of hydrogen-bond donors (Lipinski definition) is 1. The van der Waals surface area contributed by atoms with Gasteiger partial charge in [0.1, 0.15) is 6.10 Å². The summed E-state index contributed by atoms with van der Waals surface area (Å²) < 4.78 is 5.79. The van der Waals surface area contributed by atoms with Crippen LogP contribution in [0.1, 0.15) is 40.8 Å². The summed E-state index contributed by atoms with van der Waals surface area (Å²) in [4.78, 5) is 21.9. The molecule has 0 saturated carbocycles. The fourth-order valence-corrected chi connectivity index (χ4v) is 2.80. The number of hydrogen-bond acceptors (Lipinski definition) is 5. The Morgan fingerprint density at radius 3 is 3.21 bits per heavy atom.